The van der Waals surface area contributed by atoms with Crippen molar-refractivity contribution in [3.05, 3.63) is 63.2 Å². The summed E-state index contributed by atoms with van der Waals surface area (Å²) in [4.78, 5) is 15.7. The summed E-state index contributed by atoms with van der Waals surface area (Å²) in [5.74, 6) is 0. The van der Waals surface area contributed by atoms with Crippen LogP contribution in [0.5, 0.6) is 0 Å². The fourth-order valence-electron chi connectivity index (χ4n) is 1.28. The van der Waals surface area contributed by atoms with Gasteiger partial charge in [0.05, 0.1) is 12.2 Å². The number of halogens is 1. The minimum absolute atomic E-state index is 0.0324. The lowest BCUT2D eigenvalue weighted by Crippen LogP contribution is -2.19. The molecule has 15 heavy (non-hydrogen) atoms. The van der Waals surface area contributed by atoms with E-state index >= 15 is 0 Å². The van der Waals surface area contributed by atoms with Crippen LogP contribution in [0.15, 0.2) is 52.0 Å². The van der Waals surface area contributed by atoms with Crippen LogP contribution < -0.4 is 5.56 Å². The summed E-state index contributed by atoms with van der Waals surface area (Å²) in [6.45, 7) is 0.507. The van der Waals surface area contributed by atoms with Crippen LogP contribution in [-0.2, 0) is 6.54 Å². The van der Waals surface area contributed by atoms with E-state index in [4.69, 9.17) is 0 Å². The van der Waals surface area contributed by atoms with E-state index in [1.165, 1.54) is 0 Å². The third-order valence-corrected chi connectivity index (χ3v) is 2.51. The van der Waals surface area contributed by atoms with Crippen LogP contribution in [-0.4, -0.2) is 9.55 Å². The molecule has 0 radical (unpaired) electrons. The zero-order chi connectivity index (χ0) is 10.7. The maximum atomic E-state index is 11.5. The van der Waals surface area contributed by atoms with Crippen LogP contribution in [0.1, 0.15) is 5.69 Å². The summed E-state index contributed by atoms with van der Waals surface area (Å²) >= 11 is 3.25. The van der Waals surface area contributed by atoms with E-state index < -0.39 is 0 Å². The molecular weight excluding hydrogens is 256 g/mol. The lowest BCUT2D eigenvalue weighted by molar-refractivity contribution is 0.738. The average Bonchev–Trinajstić information content (AvgIpc) is 2.24. The molecule has 76 valence electrons. The Morgan fingerprint density at radius 3 is 2.87 bits per heavy atom. The third-order valence-electron chi connectivity index (χ3n) is 2.02. The molecule has 0 unspecified atom stereocenters. The second-order valence-electron chi connectivity index (χ2n) is 3.13. The molecular formula is C11H9BrN2O. The van der Waals surface area contributed by atoms with E-state index in [1.54, 1.807) is 23.0 Å². The fourth-order valence-corrected chi connectivity index (χ4v) is 1.59. The largest absolute Gasteiger partial charge is 0.309 e. The highest BCUT2D eigenvalue weighted by Crippen LogP contribution is 2.04. The zero-order valence-corrected chi connectivity index (χ0v) is 9.52. The van der Waals surface area contributed by atoms with Crippen LogP contribution in [0.2, 0.25) is 0 Å². The maximum Gasteiger partial charge on any atom is 0.252 e. The number of nitrogens with zero attached hydrogens (tertiary/aromatic N) is 2. The van der Waals surface area contributed by atoms with Crippen LogP contribution in [0, 0.1) is 0 Å². The van der Waals surface area contributed by atoms with Crippen molar-refractivity contribution in [3.8, 4) is 0 Å². The summed E-state index contributed by atoms with van der Waals surface area (Å²) in [5, 5.41) is 0. The van der Waals surface area contributed by atoms with Crippen LogP contribution in [0.25, 0.3) is 0 Å². The Kier molecular flexibility index (Phi) is 2.97. The van der Waals surface area contributed by atoms with Gasteiger partial charge >= 0.3 is 0 Å². The molecule has 0 aliphatic rings. The quantitative estimate of drug-likeness (QED) is 0.833. The first-order chi connectivity index (χ1) is 7.25. The molecule has 0 amide bonds. The highest BCUT2D eigenvalue weighted by Gasteiger charge is 1.98. The van der Waals surface area contributed by atoms with Gasteiger partial charge in [0.2, 0.25) is 0 Å². The Balaban J connectivity index is 2.29. The van der Waals surface area contributed by atoms with E-state index in [0.717, 1.165) is 10.2 Å². The Labute approximate surface area is 95.5 Å². The fraction of sp³-hybridized carbons (Fsp3) is 0.0909. The van der Waals surface area contributed by atoms with Crippen LogP contribution >= 0.6 is 15.9 Å². The predicted octanol–water partition coefficient (Wildman–Crippen LogP) is 2.05. The van der Waals surface area contributed by atoms with Crippen molar-refractivity contribution in [1.29, 1.82) is 0 Å². The van der Waals surface area contributed by atoms with Gasteiger partial charge in [0.15, 0.2) is 0 Å². The molecule has 0 aromatic carbocycles. The lowest BCUT2D eigenvalue weighted by atomic mass is 10.3. The first-order valence-electron chi connectivity index (χ1n) is 4.51. The van der Waals surface area contributed by atoms with Gasteiger partial charge in [-0.05, 0) is 18.2 Å². The van der Waals surface area contributed by atoms with Crippen molar-refractivity contribution < 1.29 is 0 Å². The van der Waals surface area contributed by atoms with Gasteiger partial charge in [0.25, 0.3) is 5.56 Å². The van der Waals surface area contributed by atoms with Gasteiger partial charge in [-0.1, -0.05) is 22.0 Å². The number of rotatable bonds is 2. The number of hydrogen-bond acceptors (Lipinski definition) is 2. The van der Waals surface area contributed by atoms with E-state index in [0.29, 0.717) is 6.54 Å². The van der Waals surface area contributed by atoms with Gasteiger partial charge in [0.1, 0.15) is 0 Å². The topological polar surface area (TPSA) is 34.9 Å². The van der Waals surface area contributed by atoms with Crippen molar-refractivity contribution in [2.24, 2.45) is 0 Å². The SMILES string of the molecule is O=c1cc(Br)ccn1Cc1ccccn1. The third kappa shape index (κ3) is 2.53. The normalized spacial score (nSPS) is 10.2. The van der Waals surface area contributed by atoms with Gasteiger partial charge in [-0.25, -0.2) is 0 Å². The monoisotopic (exact) mass is 264 g/mol. The van der Waals surface area contributed by atoms with Crippen LogP contribution in [0.3, 0.4) is 0 Å². The predicted molar refractivity (Wildman–Crippen MR) is 61.7 cm³/mol. The highest BCUT2D eigenvalue weighted by molar-refractivity contribution is 9.10. The standard InChI is InChI=1S/C11H9BrN2O/c12-9-4-6-14(11(15)7-9)8-10-3-1-2-5-13-10/h1-7H,8H2. The lowest BCUT2D eigenvalue weighted by Gasteiger charge is -2.04. The van der Waals surface area contributed by atoms with E-state index in [1.807, 2.05) is 24.3 Å². The molecule has 2 aromatic heterocycles. The first kappa shape index (κ1) is 10.1. The molecule has 0 saturated carbocycles. The molecule has 4 heteroatoms. The number of hydrogen-bond donors (Lipinski definition) is 0. The van der Waals surface area contributed by atoms with Gasteiger partial charge in [0, 0.05) is 22.9 Å². The molecule has 0 aliphatic heterocycles. The van der Waals surface area contributed by atoms with Crippen molar-refractivity contribution in [2.45, 2.75) is 6.54 Å². The molecule has 2 heterocycles. The molecule has 0 fully saturated rings. The molecule has 0 saturated heterocycles. The second-order valence-corrected chi connectivity index (χ2v) is 4.05. The summed E-state index contributed by atoms with van der Waals surface area (Å²) in [7, 11) is 0. The van der Waals surface area contributed by atoms with E-state index in [2.05, 4.69) is 20.9 Å². The van der Waals surface area contributed by atoms with Crippen molar-refractivity contribution >= 4 is 15.9 Å². The Hall–Kier alpha value is -1.42. The van der Waals surface area contributed by atoms with Gasteiger partial charge in [-0.2, -0.15) is 0 Å². The minimum Gasteiger partial charge on any atom is -0.309 e. The second kappa shape index (κ2) is 4.40. The Bertz CT molecular complexity index is 507. The molecule has 0 bridgehead atoms. The molecule has 3 nitrogen and oxygen atoms in total. The molecule has 0 spiro atoms. The van der Waals surface area contributed by atoms with Crippen LogP contribution in [0.4, 0.5) is 0 Å². The highest BCUT2D eigenvalue weighted by atomic mass is 79.9. The summed E-state index contributed by atoms with van der Waals surface area (Å²) in [5.41, 5.74) is 0.844. The summed E-state index contributed by atoms with van der Waals surface area (Å²) in [6, 6.07) is 9.04. The van der Waals surface area contributed by atoms with Crippen molar-refractivity contribution in [1.82, 2.24) is 9.55 Å². The maximum absolute atomic E-state index is 11.5. The molecule has 0 atom stereocenters. The smallest absolute Gasteiger partial charge is 0.252 e. The van der Waals surface area contributed by atoms with Gasteiger partial charge in [-0.15, -0.1) is 0 Å². The average molecular weight is 265 g/mol. The summed E-state index contributed by atoms with van der Waals surface area (Å²) < 4.78 is 2.41. The van der Waals surface area contributed by atoms with Crippen molar-refractivity contribution in [2.75, 3.05) is 0 Å². The first-order valence-corrected chi connectivity index (χ1v) is 5.31. The molecule has 0 N–H and O–H groups in total. The zero-order valence-electron chi connectivity index (χ0n) is 7.93. The molecule has 0 aliphatic carbocycles. The van der Waals surface area contributed by atoms with E-state index in [-0.39, 0.29) is 5.56 Å². The summed E-state index contributed by atoms with van der Waals surface area (Å²) in [6.07, 6.45) is 3.47. The number of pyridine rings is 2. The van der Waals surface area contributed by atoms with Gasteiger partial charge < -0.3 is 4.57 Å². The molecule has 2 aromatic rings. The van der Waals surface area contributed by atoms with E-state index in [9.17, 15) is 4.79 Å². The van der Waals surface area contributed by atoms with Gasteiger partial charge in [-0.3, -0.25) is 9.78 Å². The Morgan fingerprint density at radius 1 is 1.33 bits per heavy atom. The minimum atomic E-state index is -0.0324. The molecule has 2 rings (SSSR count). The van der Waals surface area contributed by atoms with Crippen molar-refractivity contribution in [3.63, 3.8) is 0 Å². The number of aromatic nitrogens is 2. The Morgan fingerprint density at radius 2 is 2.20 bits per heavy atom.